The summed E-state index contributed by atoms with van der Waals surface area (Å²) in [4.78, 5) is 15.6. The van der Waals surface area contributed by atoms with Gasteiger partial charge in [0.25, 0.3) is 5.91 Å². The summed E-state index contributed by atoms with van der Waals surface area (Å²) in [5, 5.41) is 2.90. The van der Waals surface area contributed by atoms with Crippen LogP contribution in [0, 0.1) is 12.8 Å². The van der Waals surface area contributed by atoms with Gasteiger partial charge in [-0.05, 0) is 61.4 Å². The third-order valence-corrected chi connectivity index (χ3v) is 9.75. The molecule has 6 rings (SSSR count). The number of amides is 1. The fourth-order valence-electron chi connectivity index (χ4n) is 5.65. The van der Waals surface area contributed by atoms with Gasteiger partial charge in [0.1, 0.15) is 10.6 Å². The number of ether oxygens (including phenoxy) is 2. The molecule has 39 heavy (non-hydrogen) atoms. The third kappa shape index (κ3) is 5.26. The lowest BCUT2D eigenvalue weighted by Gasteiger charge is -2.36. The molecule has 3 aliphatic rings. The molecule has 3 heterocycles. The molecule has 8 nitrogen and oxygen atoms in total. The first kappa shape index (κ1) is 25.9. The van der Waals surface area contributed by atoms with Gasteiger partial charge in [-0.15, -0.1) is 0 Å². The van der Waals surface area contributed by atoms with Gasteiger partial charge in [0.05, 0.1) is 30.2 Å². The van der Waals surface area contributed by atoms with Crippen LogP contribution in [0.1, 0.15) is 34.3 Å². The number of nitrogens with zero attached hydrogens (tertiary/aromatic N) is 2. The maximum atomic E-state index is 14.0. The summed E-state index contributed by atoms with van der Waals surface area (Å²) in [6.07, 6.45) is 2.91. The molecule has 3 aromatic carbocycles. The lowest BCUT2D eigenvalue weighted by molar-refractivity contribution is 0.0730. The van der Waals surface area contributed by atoms with E-state index in [0.717, 1.165) is 37.9 Å². The van der Waals surface area contributed by atoms with Crippen LogP contribution in [0.15, 0.2) is 65.6 Å². The van der Waals surface area contributed by atoms with Crippen molar-refractivity contribution >= 4 is 27.3 Å². The Morgan fingerprint density at radius 1 is 0.923 bits per heavy atom. The molecule has 0 bridgehead atoms. The normalized spacial score (nSPS) is 18.5. The van der Waals surface area contributed by atoms with Crippen molar-refractivity contribution in [2.45, 2.75) is 31.1 Å². The van der Waals surface area contributed by atoms with E-state index in [1.807, 2.05) is 31.2 Å². The predicted molar refractivity (Wildman–Crippen MR) is 150 cm³/mol. The smallest absolute Gasteiger partial charge is 0.259 e. The Morgan fingerprint density at radius 3 is 2.41 bits per heavy atom. The molecule has 0 aromatic heterocycles. The monoisotopic (exact) mass is 547 g/mol. The Balaban J connectivity index is 1.36. The van der Waals surface area contributed by atoms with Crippen molar-refractivity contribution in [1.82, 2.24) is 4.31 Å². The molecule has 2 saturated heterocycles. The molecule has 3 aliphatic heterocycles. The SMILES string of the molecule is Cc1ccc2c(c1)NC(=O)c1cc(S(=O)(=O)N3CCOCC3)c(N3CCC(Cc4ccccc4)CC3)cc1O2. The average Bonchev–Trinajstić information content (AvgIpc) is 3.08. The Bertz CT molecular complexity index is 1480. The number of anilines is 2. The van der Waals surface area contributed by atoms with E-state index in [0.29, 0.717) is 42.0 Å². The molecule has 1 amide bonds. The van der Waals surface area contributed by atoms with E-state index in [1.54, 1.807) is 6.07 Å². The molecule has 0 spiro atoms. The van der Waals surface area contributed by atoms with Crippen LogP contribution >= 0.6 is 0 Å². The highest BCUT2D eigenvalue weighted by Gasteiger charge is 2.34. The van der Waals surface area contributed by atoms with Crippen LogP contribution in [0.5, 0.6) is 11.5 Å². The number of nitrogens with one attached hydrogen (secondary N) is 1. The largest absolute Gasteiger partial charge is 0.454 e. The number of benzene rings is 3. The second-order valence-electron chi connectivity index (χ2n) is 10.5. The van der Waals surface area contributed by atoms with Gasteiger partial charge in [0.15, 0.2) is 5.75 Å². The lowest BCUT2D eigenvalue weighted by Crippen LogP contribution is -2.42. The summed E-state index contributed by atoms with van der Waals surface area (Å²) in [6.45, 7) is 4.66. The van der Waals surface area contributed by atoms with Gasteiger partial charge in [-0.2, -0.15) is 4.31 Å². The number of carbonyl (C=O) groups is 1. The van der Waals surface area contributed by atoms with E-state index in [-0.39, 0.29) is 29.5 Å². The Morgan fingerprint density at radius 2 is 1.67 bits per heavy atom. The minimum absolute atomic E-state index is 0.144. The lowest BCUT2D eigenvalue weighted by atomic mass is 9.90. The number of carbonyl (C=O) groups excluding carboxylic acids is 1. The summed E-state index contributed by atoms with van der Waals surface area (Å²) in [7, 11) is -3.87. The Labute approximate surface area is 229 Å². The fraction of sp³-hybridized carbons (Fsp3) is 0.367. The second-order valence-corrected chi connectivity index (χ2v) is 12.4. The molecule has 3 aromatic rings. The second kappa shape index (κ2) is 10.6. The van der Waals surface area contributed by atoms with E-state index in [1.165, 1.54) is 15.9 Å². The quantitative estimate of drug-likeness (QED) is 0.492. The van der Waals surface area contributed by atoms with Gasteiger partial charge in [0, 0.05) is 32.2 Å². The van der Waals surface area contributed by atoms with Gasteiger partial charge >= 0.3 is 0 Å². The minimum Gasteiger partial charge on any atom is -0.454 e. The molecule has 0 radical (unpaired) electrons. The number of aryl methyl sites for hydroxylation is 1. The van der Waals surface area contributed by atoms with Crippen LogP contribution in [0.25, 0.3) is 0 Å². The highest BCUT2D eigenvalue weighted by Crippen LogP contribution is 2.42. The van der Waals surface area contributed by atoms with E-state index in [2.05, 4.69) is 34.5 Å². The van der Waals surface area contributed by atoms with Crippen molar-refractivity contribution in [3.05, 3.63) is 77.4 Å². The zero-order chi connectivity index (χ0) is 27.0. The van der Waals surface area contributed by atoms with Crippen LogP contribution in [-0.4, -0.2) is 58.0 Å². The predicted octanol–water partition coefficient (Wildman–Crippen LogP) is 4.83. The van der Waals surface area contributed by atoms with Crippen molar-refractivity contribution in [2.75, 3.05) is 49.6 Å². The fourth-order valence-corrected chi connectivity index (χ4v) is 7.28. The highest BCUT2D eigenvalue weighted by molar-refractivity contribution is 7.89. The number of fused-ring (bicyclic) bond motifs is 2. The molecule has 1 N–H and O–H groups in total. The first-order valence-corrected chi connectivity index (χ1v) is 15.0. The Hall–Kier alpha value is -3.40. The van der Waals surface area contributed by atoms with E-state index in [4.69, 9.17) is 9.47 Å². The van der Waals surface area contributed by atoms with Crippen LogP contribution in [0.2, 0.25) is 0 Å². The zero-order valence-corrected chi connectivity index (χ0v) is 22.9. The van der Waals surface area contributed by atoms with Crippen LogP contribution < -0.4 is 15.0 Å². The number of piperidine rings is 1. The van der Waals surface area contributed by atoms with E-state index >= 15 is 0 Å². The summed E-state index contributed by atoms with van der Waals surface area (Å²) >= 11 is 0. The molecular weight excluding hydrogens is 514 g/mol. The number of hydrogen-bond acceptors (Lipinski definition) is 6. The molecule has 0 atom stereocenters. The molecule has 0 saturated carbocycles. The summed E-state index contributed by atoms with van der Waals surface area (Å²) in [5.41, 5.74) is 3.67. The van der Waals surface area contributed by atoms with E-state index in [9.17, 15) is 13.2 Å². The van der Waals surface area contributed by atoms with E-state index < -0.39 is 10.0 Å². The summed E-state index contributed by atoms with van der Waals surface area (Å²) in [5.74, 6) is 1.03. The highest BCUT2D eigenvalue weighted by atomic mass is 32.2. The Kier molecular flexibility index (Phi) is 7.05. The van der Waals surface area contributed by atoms with Gasteiger partial charge in [-0.25, -0.2) is 8.42 Å². The molecule has 0 aliphatic carbocycles. The van der Waals surface area contributed by atoms with Crippen molar-refractivity contribution < 1.29 is 22.7 Å². The summed E-state index contributed by atoms with van der Waals surface area (Å²) in [6, 6.07) is 19.3. The van der Waals surface area contributed by atoms with Gasteiger partial charge in [-0.1, -0.05) is 36.4 Å². The van der Waals surface area contributed by atoms with Crippen LogP contribution in [-0.2, 0) is 21.2 Å². The molecule has 2 fully saturated rings. The molecular formula is C30H33N3O5S. The van der Waals surface area contributed by atoms with Gasteiger partial charge in [0.2, 0.25) is 10.0 Å². The minimum atomic E-state index is -3.87. The van der Waals surface area contributed by atoms with Gasteiger partial charge in [-0.3, -0.25) is 4.79 Å². The van der Waals surface area contributed by atoms with Crippen molar-refractivity contribution in [3.8, 4) is 11.5 Å². The average molecular weight is 548 g/mol. The number of rotatable bonds is 5. The standard InChI is InChI=1S/C30H33N3O5S/c1-21-7-8-27-25(17-21)31-30(34)24-19-29(39(35,36)33-13-15-37-16-14-33)26(20-28(24)38-27)32-11-9-23(10-12-32)18-22-5-3-2-4-6-22/h2-8,17,19-20,23H,9-16,18H2,1H3,(H,31,34). The van der Waals surface area contributed by atoms with Gasteiger partial charge < -0.3 is 19.7 Å². The topological polar surface area (TPSA) is 88.2 Å². The van der Waals surface area contributed by atoms with Crippen molar-refractivity contribution in [1.29, 1.82) is 0 Å². The van der Waals surface area contributed by atoms with Crippen molar-refractivity contribution in [2.24, 2.45) is 5.92 Å². The maximum absolute atomic E-state index is 14.0. The molecule has 9 heteroatoms. The summed E-state index contributed by atoms with van der Waals surface area (Å²) < 4.78 is 41.0. The zero-order valence-electron chi connectivity index (χ0n) is 22.1. The molecule has 204 valence electrons. The molecule has 0 unspecified atom stereocenters. The first-order chi connectivity index (χ1) is 18.9. The first-order valence-electron chi connectivity index (χ1n) is 13.5. The number of morpholine rings is 1. The maximum Gasteiger partial charge on any atom is 0.259 e. The van der Waals surface area contributed by atoms with Crippen LogP contribution in [0.4, 0.5) is 11.4 Å². The number of sulfonamides is 1. The number of hydrogen-bond donors (Lipinski definition) is 1. The van der Waals surface area contributed by atoms with Crippen molar-refractivity contribution in [3.63, 3.8) is 0 Å². The van der Waals surface area contributed by atoms with Crippen LogP contribution in [0.3, 0.4) is 0 Å². The third-order valence-electron chi connectivity index (χ3n) is 7.82.